The van der Waals surface area contributed by atoms with Crippen LogP contribution in [0.2, 0.25) is 0 Å². The molecule has 0 bridgehead atoms. The van der Waals surface area contributed by atoms with Crippen molar-refractivity contribution in [3.63, 3.8) is 0 Å². The first-order valence-electron chi connectivity index (χ1n) is 13.3. The second-order valence-corrected chi connectivity index (χ2v) is 9.79. The number of nitrogens with one attached hydrogen (secondary N) is 3. The number of methoxy groups -OCH3 is 1. The van der Waals surface area contributed by atoms with E-state index in [1.54, 1.807) is 47.0 Å². The van der Waals surface area contributed by atoms with Crippen molar-refractivity contribution in [2.75, 3.05) is 25.6 Å². The van der Waals surface area contributed by atoms with E-state index >= 15 is 0 Å². The molecule has 42 heavy (non-hydrogen) atoms. The smallest absolute Gasteiger partial charge is 0.251 e. The monoisotopic (exact) mass is 566 g/mol. The van der Waals surface area contributed by atoms with Crippen molar-refractivity contribution < 1.29 is 23.5 Å². The number of rotatable bonds is 9. The fourth-order valence-corrected chi connectivity index (χ4v) is 4.45. The molecule has 10 nitrogen and oxygen atoms in total. The van der Waals surface area contributed by atoms with Crippen LogP contribution in [0.15, 0.2) is 85.1 Å². The lowest BCUT2D eigenvalue weighted by Gasteiger charge is -2.26. The number of benzene rings is 3. The maximum absolute atomic E-state index is 13.1. The fraction of sp³-hybridized carbons (Fsp3) is 0.161. The average molecular weight is 567 g/mol. The Balaban J connectivity index is 1.13. The fourth-order valence-electron chi connectivity index (χ4n) is 4.45. The van der Waals surface area contributed by atoms with Crippen LogP contribution in [-0.2, 0) is 11.3 Å². The van der Waals surface area contributed by atoms with Crippen LogP contribution in [0.4, 0.5) is 16.0 Å². The Labute approximate surface area is 240 Å². The Kier molecular flexibility index (Phi) is 7.48. The SMILES string of the molecule is COc1cc(C(=O)NC2COC2)ccc1Nc1nc2ccc(-c3ccc(C(=O)NCc4ccc(F)cc4)cc3)cn2n1. The first kappa shape index (κ1) is 26.9. The lowest BCUT2D eigenvalue weighted by molar-refractivity contribution is -0.00346. The van der Waals surface area contributed by atoms with Gasteiger partial charge in [0.2, 0.25) is 5.95 Å². The Hall–Kier alpha value is -5.29. The number of ether oxygens (including phenoxy) is 2. The van der Waals surface area contributed by atoms with Crippen molar-refractivity contribution in [3.8, 4) is 16.9 Å². The highest BCUT2D eigenvalue weighted by atomic mass is 19.1. The number of anilines is 2. The zero-order chi connectivity index (χ0) is 29.1. The van der Waals surface area contributed by atoms with E-state index in [-0.39, 0.29) is 23.7 Å². The molecule has 1 aliphatic rings. The first-order chi connectivity index (χ1) is 20.4. The van der Waals surface area contributed by atoms with Gasteiger partial charge in [-0.2, -0.15) is 4.98 Å². The molecule has 11 heteroatoms. The number of carbonyl (C=O) groups excluding carboxylic acids is 2. The van der Waals surface area contributed by atoms with E-state index in [9.17, 15) is 14.0 Å². The number of fused-ring (bicyclic) bond motifs is 1. The number of aromatic nitrogens is 3. The third-order valence-corrected chi connectivity index (χ3v) is 6.86. The summed E-state index contributed by atoms with van der Waals surface area (Å²) in [5.41, 5.74) is 4.86. The highest BCUT2D eigenvalue weighted by Crippen LogP contribution is 2.28. The summed E-state index contributed by atoms with van der Waals surface area (Å²) in [6.07, 6.45) is 1.85. The summed E-state index contributed by atoms with van der Waals surface area (Å²) in [6, 6.07) is 22.2. The molecule has 3 N–H and O–H groups in total. The van der Waals surface area contributed by atoms with Crippen molar-refractivity contribution in [3.05, 3.63) is 108 Å². The van der Waals surface area contributed by atoms with Gasteiger partial charge in [0.1, 0.15) is 11.6 Å². The molecular weight excluding hydrogens is 539 g/mol. The highest BCUT2D eigenvalue weighted by molar-refractivity contribution is 5.96. The van der Waals surface area contributed by atoms with Crippen molar-refractivity contribution in [1.29, 1.82) is 0 Å². The first-order valence-corrected chi connectivity index (χ1v) is 13.3. The molecule has 2 aromatic heterocycles. The van der Waals surface area contributed by atoms with Gasteiger partial charge in [0.15, 0.2) is 5.65 Å². The zero-order valence-corrected chi connectivity index (χ0v) is 22.6. The van der Waals surface area contributed by atoms with Gasteiger partial charge in [-0.15, -0.1) is 5.10 Å². The van der Waals surface area contributed by atoms with E-state index in [1.807, 2.05) is 30.5 Å². The third-order valence-electron chi connectivity index (χ3n) is 6.86. The molecule has 3 heterocycles. The molecule has 0 spiro atoms. The van der Waals surface area contributed by atoms with Crippen LogP contribution in [0, 0.1) is 5.82 Å². The lowest BCUT2D eigenvalue weighted by atomic mass is 10.1. The van der Waals surface area contributed by atoms with E-state index in [0.717, 1.165) is 16.7 Å². The maximum atomic E-state index is 13.1. The van der Waals surface area contributed by atoms with Crippen molar-refractivity contribution in [1.82, 2.24) is 25.2 Å². The number of hydrogen-bond donors (Lipinski definition) is 3. The van der Waals surface area contributed by atoms with Crippen molar-refractivity contribution in [2.24, 2.45) is 0 Å². The third kappa shape index (κ3) is 5.91. The Morgan fingerprint density at radius 1 is 0.952 bits per heavy atom. The molecule has 0 radical (unpaired) electrons. The van der Waals surface area contributed by atoms with Crippen molar-refractivity contribution in [2.45, 2.75) is 12.6 Å². The normalized spacial score (nSPS) is 12.9. The number of hydrogen-bond acceptors (Lipinski definition) is 7. The van der Waals surface area contributed by atoms with Gasteiger partial charge in [-0.05, 0) is 65.7 Å². The quantitative estimate of drug-likeness (QED) is 0.243. The maximum Gasteiger partial charge on any atom is 0.251 e. The van der Waals surface area contributed by atoms with Crippen LogP contribution < -0.4 is 20.7 Å². The molecule has 2 amide bonds. The minimum atomic E-state index is -0.315. The van der Waals surface area contributed by atoms with Crippen LogP contribution in [0.1, 0.15) is 26.3 Å². The predicted octanol–water partition coefficient (Wildman–Crippen LogP) is 4.35. The molecule has 0 aliphatic carbocycles. The summed E-state index contributed by atoms with van der Waals surface area (Å²) >= 11 is 0. The van der Waals surface area contributed by atoms with E-state index in [0.29, 0.717) is 53.9 Å². The van der Waals surface area contributed by atoms with Gasteiger partial charge in [-0.1, -0.05) is 24.3 Å². The summed E-state index contributed by atoms with van der Waals surface area (Å²) in [7, 11) is 1.53. The molecule has 0 saturated carbocycles. The average Bonchev–Trinajstić information content (AvgIpc) is 3.40. The molecule has 1 saturated heterocycles. The predicted molar refractivity (Wildman–Crippen MR) is 154 cm³/mol. The molecule has 5 aromatic rings. The number of halogens is 1. The molecular formula is C31H27FN6O4. The van der Waals surface area contributed by atoms with E-state index in [4.69, 9.17) is 9.47 Å². The molecule has 1 fully saturated rings. The Morgan fingerprint density at radius 2 is 1.69 bits per heavy atom. The Morgan fingerprint density at radius 3 is 2.40 bits per heavy atom. The van der Waals surface area contributed by atoms with Gasteiger partial charge >= 0.3 is 0 Å². The van der Waals surface area contributed by atoms with Crippen LogP contribution in [-0.4, -0.2) is 52.8 Å². The minimum Gasteiger partial charge on any atom is -0.495 e. The van der Waals surface area contributed by atoms with E-state index in [2.05, 4.69) is 26.0 Å². The summed E-state index contributed by atoms with van der Waals surface area (Å²) in [5.74, 6) is 0.122. The van der Waals surface area contributed by atoms with Crippen molar-refractivity contribution >= 4 is 29.1 Å². The zero-order valence-electron chi connectivity index (χ0n) is 22.6. The summed E-state index contributed by atoms with van der Waals surface area (Å²) in [5, 5.41) is 13.5. The lowest BCUT2D eigenvalue weighted by Crippen LogP contribution is -2.48. The van der Waals surface area contributed by atoms with Gasteiger partial charge < -0.3 is 25.4 Å². The number of nitrogens with zero attached hydrogens (tertiary/aromatic N) is 3. The topological polar surface area (TPSA) is 119 Å². The second kappa shape index (κ2) is 11.7. The Bertz CT molecular complexity index is 1750. The molecule has 6 rings (SSSR count). The molecule has 0 atom stereocenters. The van der Waals surface area contributed by atoms with E-state index < -0.39 is 0 Å². The summed E-state index contributed by atoms with van der Waals surface area (Å²) in [6.45, 7) is 1.35. The van der Waals surface area contributed by atoms with Crippen LogP contribution in [0.25, 0.3) is 16.8 Å². The molecule has 3 aromatic carbocycles. The van der Waals surface area contributed by atoms with Crippen LogP contribution in [0.5, 0.6) is 5.75 Å². The van der Waals surface area contributed by atoms with Gasteiger partial charge in [0.25, 0.3) is 11.8 Å². The van der Waals surface area contributed by atoms with E-state index in [1.165, 1.54) is 19.2 Å². The molecule has 212 valence electrons. The minimum absolute atomic E-state index is 0.0322. The summed E-state index contributed by atoms with van der Waals surface area (Å²) < 4.78 is 25.4. The summed E-state index contributed by atoms with van der Waals surface area (Å²) in [4.78, 5) is 29.6. The number of amides is 2. The van der Waals surface area contributed by atoms with Crippen LogP contribution >= 0.6 is 0 Å². The molecule has 0 unspecified atom stereocenters. The van der Waals surface area contributed by atoms with Gasteiger partial charge in [-0.3, -0.25) is 9.59 Å². The number of carbonyl (C=O) groups is 2. The number of pyridine rings is 1. The molecule has 1 aliphatic heterocycles. The largest absolute Gasteiger partial charge is 0.495 e. The van der Waals surface area contributed by atoms with Gasteiger partial charge in [-0.25, -0.2) is 8.91 Å². The second-order valence-electron chi connectivity index (χ2n) is 9.79. The standard InChI is InChI=1S/C31H27FN6O4/c1-41-27-14-22(30(40)34-25-17-42-18-25)8-12-26(27)35-31-36-28-13-9-23(16-38(28)37-31)20-4-6-21(7-5-20)29(39)33-15-19-2-10-24(32)11-3-19/h2-14,16,25H,15,17-18H2,1H3,(H,33,39)(H,34,40)(H,35,37). The highest BCUT2D eigenvalue weighted by Gasteiger charge is 2.22. The van der Waals surface area contributed by atoms with Gasteiger partial charge in [0, 0.05) is 29.4 Å². The van der Waals surface area contributed by atoms with Gasteiger partial charge in [0.05, 0.1) is 32.1 Å². The van der Waals surface area contributed by atoms with Crippen LogP contribution in [0.3, 0.4) is 0 Å².